The van der Waals surface area contributed by atoms with Gasteiger partial charge in [-0.2, -0.15) is 0 Å². The first-order valence-corrected chi connectivity index (χ1v) is 16.7. The zero-order valence-corrected chi connectivity index (χ0v) is 30.3. The zero-order valence-electron chi connectivity index (χ0n) is 28.1. The van der Waals surface area contributed by atoms with Crippen molar-refractivity contribution in [3.05, 3.63) is 79.9 Å². The summed E-state index contributed by atoms with van der Waals surface area (Å²) in [5.74, 6) is 1.64. The number of rotatable bonds is 12. The predicted octanol–water partition coefficient (Wildman–Crippen LogP) is 9.91. The standard InChI is InChI=1S/C37H49IN2O4/c1-20(2)27-14-12-15-28(21(3)4)34(27)39-36(41)25(10)43-31-18-24(9)19-32(33(31)38)44-26(11)37(42)40-35-29(22(5)6)16-13-17-30(35)23(7)8/h12-23,25-26H,1-11H3,(H,39,41)(H,40,42)/t25-,26-/m1/s1. The molecule has 0 saturated heterocycles. The Hall–Kier alpha value is -3.07. The van der Waals surface area contributed by atoms with Gasteiger partial charge in [0.1, 0.15) is 11.5 Å². The van der Waals surface area contributed by atoms with Crippen LogP contribution in [-0.2, 0) is 9.59 Å². The Kier molecular flexibility index (Phi) is 12.3. The fourth-order valence-corrected chi connectivity index (χ4v) is 5.77. The number of aryl methyl sites for hydroxylation is 1. The van der Waals surface area contributed by atoms with Crippen molar-refractivity contribution in [3.8, 4) is 11.5 Å². The molecule has 0 aliphatic heterocycles. The molecule has 2 atom stereocenters. The highest BCUT2D eigenvalue weighted by molar-refractivity contribution is 14.1. The van der Waals surface area contributed by atoms with E-state index in [0.717, 1.165) is 39.2 Å². The maximum absolute atomic E-state index is 13.4. The van der Waals surface area contributed by atoms with Gasteiger partial charge in [0.15, 0.2) is 12.2 Å². The first kappa shape index (κ1) is 35.4. The highest BCUT2D eigenvalue weighted by Crippen LogP contribution is 2.36. The first-order valence-electron chi connectivity index (χ1n) is 15.6. The molecule has 6 nitrogen and oxygen atoms in total. The molecular formula is C37H49IN2O4. The molecule has 0 aromatic heterocycles. The summed E-state index contributed by atoms with van der Waals surface area (Å²) in [5, 5.41) is 6.31. The smallest absolute Gasteiger partial charge is 0.265 e. The second-order valence-electron chi connectivity index (χ2n) is 12.8. The number of carbonyl (C=O) groups is 2. The van der Waals surface area contributed by atoms with Crippen molar-refractivity contribution in [1.82, 2.24) is 0 Å². The van der Waals surface area contributed by atoms with Crippen molar-refractivity contribution < 1.29 is 19.1 Å². The fourth-order valence-electron chi connectivity index (χ4n) is 5.20. The number of para-hydroxylation sites is 2. The van der Waals surface area contributed by atoms with E-state index in [0.29, 0.717) is 15.1 Å². The monoisotopic (exact) mass is 712 g/mol. The molecule has 0 heterocycles. The van der Waals surface area contributed by atoms with Crippen LogP contribution in [0.3, 0.4) is 0 Å². The van der Waals surface area contributed by atoms with Gasteiger partial charge in [-0.05, 0) is 107 Å². The number of halogens is 1. The lowest BCUT2D eigenvalue weighted by atomic mass is 9.92. The Morgan fingerprint density at radius 2 is 0.886 bits per heavy atom. The molecule has 7 heteroatoms. The molecule has 0 aliphatic rings. The van der Waals surface area contributed by atoms with Crippen molar-refractivity contribution in [2.24, 2.45) is 0 Å². The average Bonchev–Trinajstić information content (AvgIpc) is 2.94. The molecule has 3 aromatic carbocycles. The van der Waals surface area contributed by atoms with Gasteiger partial charge in [0.25, 0.3) is 11.8 Å². The minimum absolute atomic E-state index is 0.225. The summed E-state index contributed by atoms with van der Waals surface area (Å²) in [4.78, 5) is 26.8. The molecule has 0 spiro atoms. The normalized spacial score (nSPS) is 12.9. The number of amides is 2. The Morgan fingerprint density at radius 1 is 0.591 bits per heavy atom. The number of benzene rings is 3. The SMILES string of the molecule is Cc1cc(O[C@H](C)C(=O)Nc2c(C(C)C)cccc2C(C)C)c(I)c(O[C@H](C)C(=O)Nc2c(C(C)C)cccc2C(C)C)c1. The number of hydrogen-bond donors (Lipinski definition) is 2. The minimum Gasteiger partial charge on any atom is -0.480 e. The minimum atomic E-state index is -0.763. The number of nitrogens with one attached hydrogen (secondary N) is 2. The molecule has 0 aliphatic carbocycles. The van der Waals surface area contributed by atoms with Crippen LogP contribution >= 0.6 is 22.6 Å². The molecule has 44 heavy (non-hydrogen) atoms. The molecule has 3 rings (SSSR count). The van der Waals surface area contributed by atoms with E-state index >= 15 is 0 Å². The van der Waals surface area contributed by atoms with Gasteiger partial charge < -0.3 is 20.1 Å². The summed E-state index contributed by atoms with van der Waals surface area (Å²) in [6, 6.07) is 16.1. The van der Waals surface area contributed by atoms with Gasteiger partial charge in [0, 0.05) is 11.4 Å². The summed E-state index contributed by atoms with van der Waals surface area (Å²) in [7, 11) is 0. The lowest BCUT2D eigenvalue weighted by molar-refractivity contribution is -0.122. The molecule has 2 amide bonds. The molecule has 0 saturated carbocycles. The maximum Gasteiger partial charge on any atom is 0.265 e. The summed E-state index contributed by atoms with van der Waals surface area (Å²) in [6.07, 6.45) is -1.53. The second-order valence-corrected chi connectivity index (χ2v) is 13.9. The van der Waals surface area contributed by atoms with Crippen LogP contribution in [0.2, 0.25) is 0 Å². The molecule has 0 unspecified atom stereocenters. The Labute approximate surface area is 277 Å². The summed E-state index contributed by atoms with van der Waals surface area (Å²) < 4.78 is 13.1. The number of carbonyl (C=O) groups excluding carboxylic acids is 2. The number of anilines is 2. The van der Waals surface area contributed by atoms with E-state index in [1.54, 1.807) is 13.8 Å². The zero-order chi connectivity index (χ0) is 32.9. The molecule has 3 aromatic rings. The Bertz CT molecular complexity index is 1320. The third-order valence-electron chi connectivity index (χ3n) is 7.74. The van der Waals surface area contributed by atoms with E-state index in [-0.39, 0.29) is 35.5 Å². The van der Waals surface area contributed by atoms with E-state index in [1.807, 2.05) is 31.2 Å². The average molecular weight is 713 g/mol. The van der Waals surface area contributed by atoms with Crippen molar-refractivity contribution in [2.75, 3.05) is 10.6 Å². The maximum atomic E-state index is 13.4. The van der Waals surface area contributed by atoms with Crippen LogP contribution in [0.4, 0.5) is 11.4 Å². The molecule has 2 N–H and O–H groups in total. The van der Waals surface area contributed by atoms with Gasteiger partial charge in [-0.3, -0.25) is 9.59 Å². The summed E-state index contributed by atoms with van der Waals surface area (Å²) in [5.41, 5.74) is 7.02. The Morgan fingerprint density at radius 3 is 1.16 bits per heavy atom. The van der Waals surface area contributed by atoms with Crippen LogP contribution in [0, 0.1) is 10.5 Å². The van der Waals surface area contributed by atoms with Crippen molar-refractivity contribution in [1.29, 1.82) is 0 Å². The molecule has 238 valence electrons. The molecule has 0 radical (unpaired) electrons. The highest BCUT2D eigenvalue weighted by atomic mass is 127. The van der Waals surface area contributed by atoms with Crippen LogP contribution in [0.5, 0.6) is 11.5 Å². The third-order valence-corrected chi connectivity index (χ3v) is 8.80. The predicted molar refractivity (Wildman–Crippen MR) is 191 cm³/mol. The quantitative estimate of drug-likeness (QED) is 0.183. The molecular weight excluding hydrogens is 663 g/mol. The second kappa shape index (κ2) is 15.3. The Balaban J connectivity index is 1.80. The van der Waals surface area contributed by atoms with E-state index in [9.17, 15) is 9.59 Å². The topological polar surface area (TPSA) is 76.7 Å². The lowest BCUT2D eigenvalue weighted by Crippen LogP contribution is -2.32. The van der Waals surface area contributed by atoms with Gasteiger partial charge in [-0.1, -0.05) is 91.8 Å². The van der Waals surface area contributed by atoms with Gasteiger partial charge in [-0.25, -0.2) is 0 Å². The van der Waals surface area contributed by atoms with E-state index in [2.05, 4.69) is 113 Å². The highest BCUT2D eigenvalue weighted by Gasteiger charge is 2.25. The molecule has 0 fully saturated rings. The van der Waals surface area contributed by atoms with Crippen molar-refractivity contribution >= 4 is 45.8 Å². The number of ether oxygens (including phenoxy) is 2. The van der Waals surface area contributed by atoms with Gasteiger partial charge in [0.2, 0.25) is 0 Å². The summed E-state index contributed by atoms with van der Waals surface area (Å²) >= 11 is 2.16. The van der Waals surface area contributed by atoms with Gasteiger partial charge in [-0.15, -0.1) is 0 Å². The first-order chi connectivity index (χ1) is 20.6. The van der Waals surface area contributed by atoms with Crippen molar-refractivity contribution in [3.63, 3.8) is 0 Å². The van der Waals surface area contributed by atoms with Gasteiger partial charge >= 0.3 is 0 Å². The van der Waals surface area contributed by atoms with Crippen LogP contribution in [0.1, 0.15) is 121 Å². The van der Waals surface area contributed by atoms with Crippen LogP contribution in [-0.4, -0.2) is 24.0 Å². The fraction of sp³-hybridized carbons (Fsp3) is 0.459. The van der Waals surface area contributed by atoms with Gasteiger partial charge in [0.05, 0.1) is 3.57 Å². The van der Waals surface area contributed by atoms with E-state index in [1.165, 1.54) is 0 Å². The lowest BCUT2D eigenvalue weighted by Gasteiger charge is -2.24. The van der Waals surface area contributed by atoms with E-state index in [4.69, 9.17) is 9.47 Å². The number of hydrogen-bond acceptors (Lipinski definition) is 4. The van der Waals surface area contributed by atoms with Crippen LogP contribution < -0.4 is 20.1 Å². The largest absolute Gasteiger partial charge is 0.480 e. The molecule has 0 bridgehead atoms. The van der Waals surface area contributed by atoms with Crippen LogP contribution in [0.15, 0.2) is 48.5 Å². The summed E-state index contributed by atoms with van der Waals surface area (Å²) in [6.45, 7) is 22.4. The van der Waals surface area contributed by atoms with Crippen LogP contribution in [0.25, 0.3) is 0 Å². The van der Waals surface area contributed by atoms with Crippen molar-refractivity contribution in [2.45, 2.75) is 112 Å². The third kappa shape index (κ3) is 8.55. The van der Waals surface area contributed by atoms with E-state index < -0.39 is 12.2 Å².